The summed E-state index contributed by atoms with van der Waals surface area (Å²) in [6, 6.07) is 1.59. The number of carbonyl (C=O) groups excluding carboxylic acids is 1. The normalized spacial score (nSPS) is 14.6. The summed E-state index contributed by atoms with van der Waals surface area (Å²) in [5, 5.41) is 4.03. The topological polar surface area (TPSA) is 62.6 Å². The van der Waals surface area contributed by atoms with E-state index in [0.29, 0.717) is 12.3 Å². The molecule has 16 heavy (non-hydrogen) atoms. The Balaban J connectivity index is 2.18. The molecule has 1 aromatic heterocycles. The lowest BCUT2D eigenvalue weighted by molar-refractivity contribution is -0.0306. The summed E-state index contributed by atoms with van der Waals surface area (Å²) in [7, 11) is 1.71. The van der Waals surface area contributed by atoms with Crippen molar-refractivity contribution in [1.29, 1.82) is 0 Å². The van der Waals surface area contributed by atoms with E-state index in [2.05, 4.69) is 5.10 Å². The SMILES string of the molecule is CCOC(=O)c1cc(C2OC=CO2)n(C)n1. The highest BCUT2D eigenvalue weighted by molar-refractivity contribution is 5.87. The molecular formula is C10H12N2O4. The number of hydrogen-bond acceptors (Lipinski definition) is 5. The molecule has 1 aliphatic heterocycles. The fourth-order valence-electron chi connectivity index (χ4n) is 1.39. The Bertz CT molecular complexity index is 416. The van der Waals surface area contributed by atoms with Crippen LogP contribution in [0.5, 0.6) is 0 Å². The molecule has 1 aromatic rings. The summed E-state index contributed by atoms with van der Waals surface area (Å²) in [6.45, 7) is 2.07. The van der Waals surface area contributed by atoms with Gasteiger partial charge in [0.2, 0.25) is 0 Å². The maximum atomic E-state index is 11.4. The summed E-state index contributed by atoms with van der Waals surface area (Å²) in [5.41, 5.74) is 0.909. The molecule has 0 aliphatic carbocycles. The summed E-state index contributed by atoms with van der Waals surface area (Å²) in [6.07, 6.45) is 2.35. The van der Waals surface area contributed by atoms with Gasteiger partial charge in [0.05, 0.1) is 6.61 Å². The first-order valence-electron chi connectivity index (χ1n) is 4.89. The summed E-state index contributed by atoms with van der Waals surface area (Å²) in [4.78, 5) is 11.4. The van der Waals surface area contributed by atoms with Gasteiger partial charge in [0.1, 0.15) is 18.2 Å². The second-order valence-electron chi connectivity index (χ2n) is 3.17. The van der Waals surface area contributed by atoms with Gasteiger partial charge < -0.3 is 14.2 Å². The molecule has 0 spiro atoms. The largest absolute Gasteiger partial charge is 0.461 e. The molecule has 0 bridgehead atoms. The van der Waals surface area contributed by atoms with Crippen LogP contribution in [-0.2, 0) is 21.3 Å². The van der Waals surface area contributed by atoms with Crippen molar-refractivity contribution in [2.24, 2.45) is 7.05 Å². The Hall–Kier alpha value is -1.98. The van der Waals surface area contributed by atoms with Crippen molar-refractivity contribution in [3.05, 3.63) is 30.0 Å². The standard InChI is InChI=1S/C10H12N2O4/c1-3-14-9(13)7-6-8(12(2)11-7)10-15-4-5-16-10/h4-6,10H,3H2,1-2H3. The molecular weight excluding hydrogens is 212 g/mol. The summed E-state index contributed by atoms with van der Waals surface area (Å²) in [5.74, 6) is -0.449. The van der Waals surface area contributed by atoms with Crippen molar-refractivity contribution < 1.29 is 19.0 Å². The quantitative estimate of drug-likeness (QED) is 0.720. The van der Waals surface area contributed by atoms with E-state index in [4.69, 9.17) is 14.2 Å². The molecule has 2 rings (SSSR count). The smallest absolute Gasteiger partial charge is 0.358 e. The lowest BCUT2D eigenvalue weighted by Gasteiger charge is -2.09. The molecule has 0 aromatic carbocycles. The van der Waals surface area contributed by atoms with Gasteiger partial charge in [-0.25, -0.2) is 4.79 Å². The molecule has 0 saturated carbocycles. The average Bonchev–Trinajstić information content (AvgIpc) is 2.86. The summed E-state index contributed by atoms with van der Waals surface area (Å²) >= 11 is 0. The van der Waals surface area contributed by atoms with Gasteiger partial charge in [0, 0.05) is 13.1 Å². The van der Waals surface area contributed by atoms with Gasteiger partial charge >= 0.3 is 5.97 Å². The fourth-order valence-corrected chi connectivity index (χ4v) is 1.39. The monoisotopic (exact) mass is 224 g/mol. The zero-order chi connectivity index (χ0) is 11.5. The third kappa shape index (κ3) is 1.86. The number of nitrogens with zero attached hydrogens (tertiary/aromatic N) is 2. The highest BCUT2D eigenvalue weighted by Gasteiger charge is 2.23. The molecule has 0 amide bonds. The van der Waals surface area contributed by atoms with E-state index in [1.807, 2.05) is 0 Å². The van der Waals surface area contributed by atoms with Gasteiger partial charge in [-0.05, 0) is 6.92 Å². The third-order valence-corrected chi connectivity index (χ3v) is 2.10. The van der Waals surface area contributed by atoms with Crippen LogP contribution >= 0.6 is 0 Å². The highest BCUT2D eigenvalue weighted by Crippen LogP contribution is 2.24. The Morgan fingerprint density at radius 2 is 2.25 bits per heavy atom. The zero-order valence-corrected chi connectivity index (χ0v) is 9.04. The maximum absolute atomic E-state index is 11.4. The number of esters is 1. The number of rotatable bonds is 3. The number of hydrogen-bond donors (Lipinski definition) is 0. The second kappa shape index (κ2) is 4.26. The van der Waals surface area contributed by atoms with Crippen molar-refractivity contribution in [2.75, 3.05) is 6.61 Å². The first-order valence-corrected chi connectivity index (χ1v) is 4.89. The first-order chi connectivity index (χ1) is 7.72. The van der Waals surface area contributed by atoms with Crippen LogP contribution < -0.4 is 0 Å². The van der Waals surface area contributed by atoms with E-state index in [9.17, 15) is 4.79 Å². The average molecular weight is 224 g/mol. The third-order valence-electron chi connectivity index (χ3n) is 2.10. The molecule has 0 atom stereocenters. The van der Waals surface area contributed by atoms with Crippen LogP contribution in [0.3, 0.4) is 0 Å². The minimum absolute atomic E-state index is 0.249. The molecule has 2 heterocycles. The second-order valence-corrected chi connectivity index (χ2v) is 3.17. The van der Waals surface area contributed by atoms with Crippen molar-refractivity contribution >= 4 is 5.97 Å². The molecule has 86 valence electrons. The molecule has 0 radical (unpaired) electrons. The Morgan fingerprint density at radius 1 is 1.56 bits per heavy atom. The van der Waals surface area contributed by atoms with Gasteiger partial charge in [-0.1, -0.05) is 0 Å². The fraction of sp³-hybridized carbons (Fsp3) is 0.400. The predicted molar refractivity (Wildman–Crippen MR) is 53.2 cm³/mol. The van der Waals surface area contributed by atoms with Gasteiger partial charge in [0.25, 0.3) is 6.29 Å². The van der Waals surface area contributed by atoms with E-state index >= 15 is 0 Å². The van der Waals surface area contributed by atoms with Gasteiger partial charge in [0.15, 0.2) is 5.69 Å². The maximum Gasteiger partial charge on any atom is 0.358 e. The number of carbonyl (C=O) groups is 1. The minimum atomic E-state index is -0.541. The first kappa shape index (κ1) is 10.5. The van der Waals surface area contributed by atoms with Crippen LogP contribution in [0.1, 0.15) is 29.4 Å². The van der Waals surface area contributed by atoms with E-state index in [1.54, 1.807) is 20.0 Å². The zero-order valence-electron chi connectivity index (χ0n) is 9.04. The Kier molecular flexibility index (Phi) is 2.80. The summed E-state index contributed by atoms with van der Waals surface area (Å²) < 4.78 is 16.7. The van der Waals surface area contributed by atoms with E-state index < -0.39 is 12.3 Å². The van der Waals surface area contributed by atoms with Crippen LogP contribution in [0, 0.1) is 0 Å². The molecule has 0 fully saturated rings. The van der Waals surface area contributed by atoms with E-state index in [1.165, 1.54) is 17.2 Å². The van der Waals surface area contributed by atoms with Gasteiger partial charge in [-0.15, -0.1) is 0 Å². The Morgan fingerprint density at radius 3 is 2.88 bits per heavy atom. The van der Waals surface area contributed by atoms with Crippen molar-refractivity contribution in [2.45, 2.75) is 13.2 Å². The molecule has 6 nitrogen and oxygen atoms in total. The van der Waals surface area contributed by atoms with E-state index in [-0.39, 0.29) is 5.69 Å². The molecule has 0 N–H and O–H groups in total. The van der Waals surface area contributed by atoms with Gasteiger partial charge in [-0.3, -0.25) is 4.68 Å². The lowest BCUT2D eigenvalue weighted by Crippen LogP contribution is -2.06. The van der Waals surface area contributed by atoms with E-state index in [0.717, 1.165) is 0 Å². The molecule has 0 unspecified atom stereocenters. The Labute approximate surface area is 92.4 Å². The van der Waals surface area contributed by atoms with Gasteiger partial charge in [-0.2, -0.15) is 5.10 Å². The molecule has 1 aliphatic rings. The van der Waals surface area contributed by atoms with Crippen molar-refractivity contribution in [3.8, 4) is 0 Å². The van der Waals surface area contributed by atoms with Crippen molar-refractivity contribution in [3.63, 3.8) is 0 Å². The number of ether oxygens (including phenoxy) is 3. The molecule has 0 saturated heterocycles. The number of aromatic nitrogens is 2. The lowest BCUT2D eigenvalue weighted by atomic mass is 10.3. The van der Waals surface area contributed by atoms with Crippen molar-refractivity contribution in [1.82, 2.24) is 9.78 Å². The van der Waals surface area contributed by atoms with Crippen LogP contribution in [0.25, 0.3) is 0 Å². The molecule has 6 heteroatoms. The number of aryl methyl sites for hydroxylation is 1. The van der Waals surface area contributed by atoms with Crippen LogP contribution in [0.2, 0.25) is 0 Å². The van der Waals surface area contributed by atoms with Crippen LogP contribution in [0.4, 0.5) is 0 Å². The predicted octanol–water partition coefficient (Wildman–Crippen LogP) is 1.11. The van der Waals surface area contributed by atoms with Crippen LogP contribution in [0.15, 0.2) is 18.6 Å². The van der Waals surface area contributed by atoms with Crippen LogP contribution in [-0.4, -0.2) is 22.4 Å². The minimum Gasteiger partial charge on any atom is -0.461 e. The highest BCUT2D eigenvalue weighted by atomic mass is 16.7.